The number of thiophene rings is 1. The van der Waals surface area contributed by atoms with Crippen LogP contribution < -0.4 is 5.32 Å². The fraction of sp³-hybridized carbons (Fsp3) is 0.389. The van der Waals surface area contributed by atoms with E-state index < -0.39 is 0 Å². The van der Waals surface area contributed by atoms with Crippen LogP contribution in [0.2, 0.25) is 10.0 Å². The summed E-state index contributed by atoms with van der Waals surface area (Å²) in [6, 6.07) is 9.82. The van der Waals surface area contributed by atoms with Gasteiger partial charge in [-0.15, -0.1) is 11.3 Å². The van der Waals surface area contributed by atoms with Gasteiger partial charge in [-0.2, -0.15) is 0 Å². The van der Waals surface area contributed by atoms with E-state index in [1.165, 1.54) is 4.88 Å². The second kappa shape index (κ2) is 7.87. The number of rotatable bonds is 5. The minimum absolute atomic E-state index is 0.0125. The van der Waals surface area contributed by atoms with Crippen LogP contribution in [0, 0.1) is 0 Å². The summed E-state index contributed by atoms with van der Waals surface area (Å²) < 4.78 is 0. The summed E-state index contributed by atoms with van der Waals surface area (Å²) in [4.78, 5) is 15.9. The van der Waals surface area contributed by atoms with E-state index in [0.29, 0.717) is 16.6 Å². The van der Waals surface area contributed by atoms with Gasteiger partial charge in [0.2, 0.25) is 5.91 Å². The number of nitrogens with one attached hydrogen (secondary N) is 1. The number of nitrogens with zero attached hydrogens (tertiary/aromatic N) is 1. The summed E-state index contributed by atoms with van der Waals surface area (Å²) in [5.74, 6) is 0.142. The molecule has 0 bridgehead atoms. The van der Waals surface area contributed by atoms with E-state index in [4.69, 9.17) is 23.2 Å². The summed E-state index contributed by atoms with van der Waals surface area (Å²) in [5, 5.41) is 6.59. The van der Waals surface area contributed by atoms with Gasteiger partial charge in [-0.3, -0.25) is 4.79 Å². The quantitative estimate of drug-likeness (QED) is 0.782. The van der Waals surface area contributed by atoms with Crippen LogP contribution in [0.25, 0.3) is 0 Å². The van der Waals surface area contributed by atoms with Crippen molar-refractivity contribution in [3.8, 4) is 0 Å². The van der Waals surface area contributed by atoms with Crippen molar-refractivity contribution in [2.75, 3.05) is 13.1 Å². The Morgan fingerprint density at radius 3 is 2.96 bits per heavy atom. The molecule has 0 saturated carbocycles. The van der Waals surface area contributed by atoms with Gasteiger partial charge in [0, 0.05) is 27.5 Å². The lowest BCUT2D eigenvalue weighted by Crippen LogP contribution is -2.38. The van der Waals surface area contributed by atoms with Gasteiger partial charge in [-0.05, 0) is 48.9 Å². The second-order valence-corrected chi connectivity index (χ2v) is 7.85. The molecule has 3 rings (SSSR count). The highest BCUT2D eigenvalue weighted by molar-refractivity contribution is 7.10. The Morgan fingerprint density at radius 2 is 2.25 bits per heavy atom. The van der Waals surface area contributed by atoms with E-state index in [0.717, 1.165) is 24.9 Å². The molecule has 1 aromatic heterocycles. The van der Waals surface area contributed by atoms with Crippen LogP contribution in [0.5, 0.6) is 0 Å². The van der Waals surface area contributed by atoms with Gasteiger partial charge in [0.15, 0.2) is 0 Å². The zero-order valence-electron chi connectivity index (χ0n) is 13.5. The highest BCUT2D eigenvalue weighted by atomic mass is 35.5. The zero-order valence-corrected chi connectivity index (χ0v) is 15.8. The Hall–Kier alpha value is -1.07. The van der Waals surface area contributed by atoms with E-state index in [-0.39, 0.29) is 18.0 Å². The summed E-state index contributed by atoms with van der Waals surface area (Å²) in [5.41, 5.74) is 0.949. The Bertz CT molecular complexity index is 705. The lowest BCUT2D eigenvalue weighted by Gasteiger charge is -2.25. The van der Waals surface area contributed by atoms with Crippen LogP contribution in [0.4, 0.5) is 0 Å². The fourth-order valence-electron chi connectivity index (χ4n) is 3.15. The monoisotopic (exact) mass is 382 g/mol. The van der Waals surface area contributed by atoms with Crippen LogP contribution in [0.3, 0.4) is 0 Å². The van der Waals surface area contributed by atoms with Gasteiger partial charge in [0.25, 0.3) is 0 Å². The van der Waals surface area contributed by atoms with Crippen molar-refractivity contribution < 1.29 is 4.79 Å². The standard InChI is InChI=1S/C18H20Cl2N2OS/c1-12(14-7-6-13(19)10-15(14)20)21-11-18(23)22-8-2-4-16(22)17-5-3-9-24-17/h3,5-7,9-10,12,16,21H,2,4,8,11H2,1H3. The molecule has 24 heavy (non-hydrogen) atoms. The molecule has 3 nitrogen and oxygen atoms in total. The number of halogens is 2. The molecule has 1 saturated heterocycles. The van der Waals surface area contributed by atoms with E-state index in [9.17, 15) is 4.79 Å². The first kappa shape index (κ1) is 17.7. The molecule has 128 valence electrons. The summed E-state index contributed by atoms with van der Waals surface area (Å²) in [6.07, 6.45) is 2.11. The van der Waals surface area contributed by atoms with Crippen LogP contribution in [-0.4, -0.2) is 23.9 Å². The maximum absolute atomic E-state index is 12.6. The highest BCUT2D eigenvalue weighted by Crippen LogP contribution is 2.34. The lowest BCUT2D eigenvalue weighted by molar-refractivity contribution is -0.131. The van der Waals surface area contributed by atoms with Gasteiger partial charge in [-0.25, -0.2) is 0 Å². The topological polar surface area (TPSA) is 32.3 Å². The second-order valence-electron chi connectivity index (χ2n) is 6.03. The van der Waals surface area contributed by atoms with Crippen molar-refractivity contribution in [3.63, 3.8) is 0 Å². The minimum atomic E-state index is -0.0125. The van der Waals surface area contributed by atoms with Crippen molar-refractivity contribution in [1.29, 1.82) is 0 Å². The van der Waals surface area contributed by atoms with Crippen LogP contribution in [0.15, 0.2) is 35.7 Å². The SMILES string of the molecule is CC(NCC(=O)N1CCCC1c1cccs1)c1ccc(Cl)cc1Cl. The van der Waals surface area contributed by atoms with E-state index in [2.05, 4.69) is 16.8 Å². The molecular weight excluding hydrogens is 363 g/mol. The Kier molecular flexibility index (Phi) is 5.82. The number of likely N-dealkylation sites (tertiary alicyclic amines) is 1. The number of hydrogen-bond acceptors (Lipinski definition) is 3. The average molecular weight is 383 g/mol. The summed E-state index contributed by atoms with van der Waals surface area (Å²) in [6.45, 7) is 3.14. The molecule has 6 heteroatoms. The van der Waals surface area contributed by atoms with Gasteiger partial charge in [0.05, 0.1) is 12.6 Å². The smallest absolute Gasteiger partial charge is 0.237 e. The van der Waals surface area contributed by atoms with E-state index in [1.807, 2.05) is 30.0 Å². The number of amides is 1. The van der Waals surface area contributed by atoms with Gasteiger partial charge in [-0.1, -0.05) is 35.3 Å². The first-order valence-electron chi connectivity index (χ1n) is 8.07. The average Bonchev–Trinajstić information content (AvgIpc) is 3.22. The van der Waals surface area contributed by atoms with Crippen LogP contribution >= 0.6 is 34.5 Å². The van der Waals surface area contributed by atoms with Crippen LogP contribution in [0.1, 0.15) is 42.3 Å². The summed E-state index contributed by atoms with van der Waals surface area (Å²) >= 11 is 13.9. The molecule has 2 unspecified atom stereocenters. The largest absolute Gasteiger partial charge is 0.334 e. The third kappa shape index (κ3) is 3.94. The van der Waals surface area contributed by atoms with Crippen LogP contribution in [-0.2, 0) is 4.79 Å². The Labute approximate surface area is 156 Å². The van der Waals surface area contributed by atoms with Gasteiger partial charge >= 0.3 is 0 Å². The van der Waals surface area contributed by atoms with Crippen molar-refractivity contribution in [1.82, 2.24) is 10.2 Å². The van der Waals surface area contributed by atoms with Gasteiger partial charge < -0.3 is 10.2 Å². The number of carbonyl (C=O) groups excluding carboxylic acids is 1. The van der Waals surface area contributed by atoms with Crippen molar-refractivity contribution in [3.05, 3.63) is 56.2 Å². The zero-order chi connectivity index (χ0) is 17.1. The van der Waals surface area contributed by atoms with Gasteiger partial charge in [0.1, 0.15) is 0 Å². The molecule has 1 fully saturated rings. The van der Waals surface area contributed by atoms with E-state index in [1.54, 1.807) is 17.4 Å². The van der Waals surface area contributed by atoms with Crippen molar-refractivity contribution >= 4 is 40.4 Å². The molecule has 1 amide bonds. The molecule has 2 atom stereocenters. The fourth-order valence-corrected chi connectivity index (χ4v) is 4.59. The maximum Gasteiger partial charge on any atom is 0.237 e. The molecule has 1 aliphatic rings. The minimum Gasteiger partial charge on any atom is -0.334 e. The third-order valence-electron chi connectivity index (χ3n) is 4.43. The number of hydrogen-bond donors (Lipinski definition) is 1. The number of carbonyl (C=O) groups is 1. The number of benzene rings is 1. The predicted molar refractivity (Wildman–Crippen MR) is 101 cm³/mol. The van der Waals surface area contributed by atoms with Crippen molar-refractivity contribution in [2.24, 2.45) is 0 Å². The normalized spacial score (nSPS) is 18.8. The summed E-state index contributed by atoms with van der Waals surface area (Å²) in [7, 11) is 0. The maximum atomic E-state index is 12.6. The first-order chi connectivity index (χ1) is 11.6. The molecule has 0 radical (unpaired) electrons. The molecule has 0 aliphatic carbocycles. The molecule has 2 aromatic rings. The molecule has 1 aromatic carbocycles. The highest BCUT2D eigenvalue weighted by Gasteiger charge is 2.30. The molecule has 0 spiro atoms. The Morgan fingerprint density at radius 1 is 1.42 bits per heavy atom. The predicted octanol–water partition coefficient (Wildman–Crippen LogP) is 5.07. The first-order valence-corrected chi connectivity index (χ1v) is 9.71. The molecule has 1 aliphatic heterocycles. The molecule has 1 N–H and O–H groups in total. The lowest BCUT2D eigenvalue weighted by atomic mass is 10.1. The van der Waals surface area contributed by atoms with E-state index >= 15 is 0 Å². The van der Waals surface area contributed by atoms with Crippen molar-refractivity contribution in [2.45, 2.75) is 31.8 Å². The molecule has 2 heterocycles. The third-order valence-corrected chi connectivity index (χ3v) is 5.97. The molecular formula is C18H20Cl2N2OS. The Balaban J connectivity index is 1.60.